The van der Waals surface area contributed by atoms with Gasteiger partial charge in [0, 0.05) is 49.7 Å². The molecule has 2 aromatic carbocycles. The number of nitrogens with zero attached hydrogens (tertiary/aromatic N) is 2. The van der Waals surface area contributed by atoms with Gasteiger partial charge < -0.3 is 26.2 Å². The summed E-state index contributed by atoms with van der Waals surface area (Å²) in [5, 5.41) is 5.43. The summed E-state index contributed by atoms with van der Waals surface area (Å²) < 4.78 is 0. The van der Waals surface area contributed by atoms with E-state index in [1.807, 2.05) is 24.3 Å². The summed E-state index contributed by atoms with van der Waals surface area (Å²) in [5.41, 5.74) is 8.42. The number of anilines is 2. The predicted octanol–water partition coefficient (Wildman–Crippen LogP) is 1.86. The van der Waals surface area contributed by atoms with Gasteiger partial charge in [0.2, 0.25) is 0 Å². The Morgan fingerprint density at radius 3 is 2.19 bits per heavy atom. The molecule has 1 heterocycles. The molecule has 2 aromatic rings. The van der Waals surface area contributed by atoms with Gasteiger partial charge in [0.15, 0.2) is 0 Å². The third-order valence-corrected chi connectivity index (χ3v) is 4.68. The number of amides is 3. The van der Waals surface area contributed by atoms with Crippen LogP contribution in [0.3, 0.4) is 0 Å². The number of rotatable bonds is 5. The number of nitrogens with one attached hydrogen (secondary N) is 2. The molecule has 0 radical (unpaired) electrons. The molecule has 3 amide bonds. The number of urea groups is 1. The summed E-state index contributed by atoms with van der Waals surface area (Å²) in [4.78, 5) is 27.8. The standard InChI is InChI=1S/C20H25N5O2/c1-24-10-12-25(13-11-24)18-8-6-17(7-9-18)23-19(26)16-4-2-15(3-5-16)14-22-20(21)27/h2-9H,10-14H2,1H3,(H,23,26)(H3,21,22,27). The molecule has 7 nitrogen and oxygen atoms in total. The molecule has 1 saturated heterocycles. The Bertz CT molecular complexity index is 781. The fourth-order valence-electron chi connectivity index (χ4n) is 2.99. The molecule has 0 spiro atoms. The minimum Gasteiger partial charge on any atom is -0.369 e. The number of likely N-dealkylation sites (N-methyl/N-ethyl adjacent to an activating group) is 1. The van der Waals surface area contributed by atoms with Gasteiger partial charge >= 0.3 is 6.03 Å². The monoisotopic (exact) mass is 367 g/mol. The van der Waals surface area contributed by atoms with Crippen LogP contribution in [-0.4, -0.2) is 50.1 Å². The van der Waals surface area contributed by atoms with Crippen LogP contribution in [0.5, 0.6) is 0 Å². The van der Waals surface area contributed by atoms with Gasteiger partial charge in [-0.05, 0) is 49.0 Å². The van der Waals surface area contributed by atoms with Crippen molar-refractivity contribution in [3.8, 4) is 0 Å². The first-order valence-electron chi connectivity index (χ1n) is 8.98. The van der Waals surface area contributed by atoms with Crippen molar-refractivity contribution in [1.29, 1.82) is 0 Å². The summed E-state index contributed by atoms with van der Waals surface area (Å²) in [5.74, 6) is -0.170. The highest BCUT2D eigenvalue weighted by atomic mass is 16.2. The van der Waals surface area contributed by atoms with E-state index in [0.29, 0.717) is 12.1 Å². The molecule has 3 rings (SSSR count). The number of piperazine rings is 1. The van der Waals surface area contributed by atoms with E-state index in [0.717, 1.165) is 37.4 Å². The molecule has 27 heavy (non-hydrogen) atoms. The zero-order chi connectivity index (χ0) is 19.2. The lowest BCUT2D eigenvalue weighted by Gasteiger charge is -2.34. The Hall–Kier alpha value is -3.06. The van der Waals surface area contributed by atoms with Crippen molar-refractivity contribution in [2.24, 2.45) is 5.73 Å². The quantitative estimate of drug-likeness (QED) is 0.752. The van der Waals surface area contributed by atoms with E-state index in [9.17, 15) is 9.59 Å². The molecule has 0 aromatic heterocycles. The van der Waals surface area contributed by atoms with Crippen molar-refractivity contribution in [3.63, 3.8) is 0 Å². The predicted molar refractivity (Wildman–Crippen MR) is 107 cm³/mol. The van der Waals surface area contributed by atoms with Crippen LogP contribution in [0.1, 0.15) is 15.9 Å². The summed E-state index contributed by atoms with van der Waals surface area (Å²) >= 11 is 0. The van der Waals surface area contributed by atoms with Crippen LogP contribution >= 0.6 is 0 Å². The van der Waals surface area contributed by atoms with E-state index in [-0.39, 0.29) is 5.91 Å². The van der Waals surface area contributed by atoms with Crippen LogP contribution in [-0.2, 0) is 6.54 Å². The molecular formula is C20H25N5O2. The number of carbonyl (C=O) groups excluding carboxylic acids is 2. The van der Waals surface area contributed by atoms with Crippen LogP contribution in [0, 0.1) is 0 Å². The first-order valence-corrected chi connectivity index (χ1v) is 8.98. The van der Waals surface area contributed by atoms with Crippen molar-refractivity contribution in [2.75, 3.05) is 43.4 Å². The van der Waals surface area contributed by atoms with Crippen LogP contribution in [0.2, 0.25) is 0 Å². The lowest BCUT2D eigenvalue weighted by Crippen LogP contribution is -2.44. The zero-order valence-electron chi connectivity index (χ0n) is 15.4. The highest BCUT2D eigenvalue weighted by Crippen LogP contribution is 2.20. The van der Waals surface area contributed by atoms with E-state index in [1.54, 1.807) is 24.3 Å². The third-order valence-electron chi connectivity index (χ3n) is 4.68. The minimum absolute atomic E-state index is 0.170. The third kappa shape index (κ3) is 5.21. The molecule has 0 aliphatic carbocycles. The maximum absolute atomic E-state index is 12.4. The number of primary amides is 1. The number of hydrogen-bond donors (Lipinski definition) is 3. The number of hydrogen-bond acceptors (Lipinski definition) is 4. The van der Waals surface area contributed by atoms with E-state index in [1.165, 1.54) is 5.69 Å². The van der Waals surface area contributed by atoms with Gasteiger partial charge in [-0.2, -0.15) is 0 Å². The fraction of sp³-hybridized carbons (Fsp3) is 0.300. The van der Waals surface area contributed by atoms with Crippen LogP contribution in [0.25, 0.3) is 0 Å². The first-order chi connectivity index (χ1) is 13.0. The molecule has 1 fully saturated rings. The normalized spacial score (nSPS) is 14.6. The molecule has 7 heteroatoms. The molecule has 0 saturated carbocycles. The zero-order valence-corrected chi connectivity index (χ0v) is 15.4. The van der Waals surface area contributed by atoms with Crippen molar-refractivity contribution >= 4 is 23.3 Å². The van der Waals surface area contributed by atoms with E-state index < -0.39 is 6.03 Å². The first kappa shape index (κ1) is 18.7. The average molecular weight is 367 g/mol. The van der Waals surface area contributed by atoms with Crippen LogP contribution < -0.4 is 21.3 Å². The average Bonchev–Trinajstić information content (AvgIpc) is 2.68. The number of nitrogens with two attached hydrogens (primary N) is 1. The molecule has 1 aliphatic heterocycles. The smallest absolute Gasteiger partial charge is 0.312 e. The van der Waals surface area contributed by atoms with Crippen LogP contribution in [0.4, 0.5) is 16.2 Å². The van der Waals surface area contributed by atoms with Gasteiger partial charge in [-0.15, -0.1) is 0 Å². The van der Waals surface area contributed by atoms with Crippen molar-refractivity contribution in [2.45, 2.75) is 6.54 Å². The molecule has 4 N–H and O–H groups in total. The summed E-state index contributed by atoms with van der Waals surface area (Å²) in [6.45, 7) is 4.48. The van der Waals surface area contributed by atoms with E-state index >= 15 is 0 Å². The van der Waals surface area contributed by atoms with E-state index in [2.05, 4.69) is 27.5 Å². The Balaban J connectivity index is 1.56. The number of carbonyl (C=O) groups is 2. The largest absolute Gasteiger partial charge is 0.369 e. The Morgan fingerprint density at radius 2 is 1.59 bits per heavy atom. The lowest BCUT2D eigenvalue weighted by atomic mass is 10.1. The molecule has 0 bridgehead atoms. The highest BCUT2D eigenvalue weighted by Gasteiger charge is 2.14. The lowest BCUT2D eigenvalue weighted by molar-refractivity contribution is 0.102. The second-order valence-electron chi connectivity index (χ2n) is 6.71. The van der Waals surface area contributed by atoms with Gasteiger partial charge in [-0.25, -0.2) is 4.79 Å². The number of benzene rings is 2. The Morgan fingerprint density at radius 1 is 0.963 bits per heavy atom. The topological polar surface area (TPSA) is 90.7 Å². The van der Waals surface area contributed by atoms with Gasteiger partial charge in [-0.1, -0.05) is 12.1 Å². The van der Waals surface area contributed by atoms with Gasteiger partial charge in [0.1, 0.15) is 0 Å². The molecular weight excluding hydrogens is 342 g/mol. The maximum Gasteiger partial charge on any atom is 0.312 e. The van der Waals surface area contributed by atoms with Crippen molar-refractivity contribution < 1.29 is 9.59 Å². The van der Waals surface area contributed by atoms with Crippen molar-refractivity contribution in [3.05, 3.63) is 59.7 Å². The molecule has 0 unspecified atom stereocenters. The molecule has 0 atom stereocenters. The van der Waals surface area contributed by atoms with Gasteiger partial charge in [0.25, 0.3) is 5.91 Å². The second-order valence-corrected chi connectivity index (χ2v) is 6.71. The second kappa shape index (κ2) is 8.55. The Labute approximate surface area is 159 Å². The van der Waals surface area contributed by atoms with E-state index in [4.69, 9.17) is 5.73 Å². The summed E-state index contributed by atoms with van der Waals surface area (Å²) in [7, 11) is 2.14. The molecule has 1 aliphatic rings. The highest BCUT2D eigenvalue weighted by molar-refractivity contribution is 6.04. The maximum atomic E-state index is 12.4. The molecule has 142 valence electrons. The van der Waals surface area contributed by atoms with Gasteiger partial charge in [0.05, 0.1) is 0 Å². The fourth-order valence-corrected chi connectivity index (χ4v) is 2.99. The summed E-state index contributed by atoms with van der Waals surface area (Å²) in [6.07, 6.45) is 0. The Kier molecular flexibility index (Phi) is 5.93. The SMILES string of the molecule is CN1CCN(c2ccc(NC(=O)c3ccc(CNC(N)=O)cc3)cc2)CC1. The minimum atomic E-state index is -0.572. The van der Waals surface area contributed by atoms with Crippen LogP contribution in [0.15, 0.2) is 48.5 Å². The van der Waals surface area contributed by atoms with Crippen molar-refractivity contribution in [1.82, 2.24) is 10.2 Å². The van der Waals surface area contributed by atoms with Gasteiger partial charge in [-0.3, -0.25) is 4.79 Å². The summed E-state index contributed by atoms with van der Waals surface area (Å²) in [6, 6.07) is 14.4.